The Morgan fingerprint density at radius 2 is 1.75 bits per heavy atom. The SMILES string of the molecule is N[C@H](Cc1ccccc1)c1cncn1-c1ccncc1. The van der Waals surface area contributed by atoms with Crippen molar-refractivity contribution in [3.05, 3.63) is 78.6 Å². The first-order valence-electron chi connectivity index (χ1n) is 6.57. The molecule has 100 valence electrons. The van der Waals surface area contributed by atoms with Crippen molar-refractivity contribution in [1.82, 2.24) is 14.5 Å². The summed E-state index contributed by atoms with van der Waals surface area (Å²) in [5, 5.41) is 0. The van der Waals surface area contributed by atoms with Gasteiger partial charge in [0.05, 0.1) is 24.3 Å². The van der Waals surface area contributed by atoms with Gasteiger partial charge in [0.25, 0.3) is 0 Å². The number of benzene rings is 1. The van der Waals surface area contributed by atoms with Gasteiger partial charge in [-0.05, 0) is 24.1 Å². The van der Waals surface area contributed by atoms with Crippen LogP contribution >= 0.6 is 0 Å². The highest BCUT2D eigenvalue weighted by Crippen LogP contribution is 2.19. The molecule has 3 rings (SSSR count). The van der Waals surface area contributed by atoms with Crippen LogP contribution in [-0.4, -0.2) is 14.5 Å². The average molecular weight is 264 g/mol. The molecule has 2 aromatic heterocycles. The van der Waals surface area contributed by atoms with Crippen molar-refractivity contribution in [2.45, 2.75) is 12.5 Å². The van der Waals surface area contributed by atoms with Gasteiger partial charge in [-0.15, -0.1) is 0 Å². The molecule has 0 saturated carbocycles. The molecule has 0 saturated heterocycles. The zero-order valence-electron chi connectivity index (χ0n) is 11.1. The molecular weight excluding hydrogens is 248 g/mol. The largest absolute Gasteiger partial charge is 0.322 e. The number of nitrogens with two attached hydrogens (primary N) is 1. The number of nitrogens with zero attached hydrogens (tertiary/aromatic N) is 3. The lowest BCUT2D eigenvalue weighted by molar-refractivity contribution is 0.678. The summed E-state index contributed by atoms with van der Waals surface area (Å²) in [4.78, 5) is 8.26. The summed E-state index contributed by atoms with van der Waals surface area (Å²) in [6.45, 7) is 0. The third kappa shape index (κ3) is 2.60. The van der Waals surface area contributed by atoms with Crippen LogP contribution in [0.3, 0.4) is 0 Å². The van der Waals surface area contributed by atoms with Gasteiger partial charge in [0, 0.05) is 18.1 Å². The van der Waals surface area contributed by atoms with Gasteiger partial charge in [-0.25, -0.2) is 4.98 Å². The van der Waals surface area contributed by atoms with Crippen LogP contribution in [0.25, 0.3) is 5.69 Å². The zero-order valence-corrected chi connectivity index (χ0v) is 11.1. The van der Waals surface area contributed by atoms with Gasteiger partial charge in [0.2, 0.25) is 0 Å². The van der Waals surface area contributed by atoms with Gasteiger partial charge >= 0.3 is 0 Å². The minimum Gasteiger partial charge on any atom is -0.322 e. The Balaban J connectivity index is 1.86. The first-order chi connectivity index (χ1) is 9.84. The van der Waals surface area contributed by atoms with E-state index < -0.39 is 0 Å². The summed E-state index contributed by atoms with van der Waals surface area (Å²) in [5.74, 6) is 0. The van der Waals surface area contributed by atoms with Crippen LogP contribution in [0.5, 0.6) is 0 Å². The van der Waals surface area contributed by atoms with Crippen LogP contribution in [-0.2, 0) is 6.42 Å². The second-order valence-corrected chi connectivity index (χ2v) is 4.69. The topological polar surface area (TPSA) is 56.7 Å². The van der Waals surface area contributed by atoms with Gasteiger partial charge in [-0.1, -0.05) is 30.3 Å². The van der Waals surface area contributed by atoms with Crippen LogP contribution in [0.1, 0.15) is 17.3 Å². The molecule has 2 heterocycles. The highest BCUT2D eigenvalue weighted by Gasteiger charge is 2.13. The summed E-state index contributed by atoms with van der Waals surface area (Å²) in [6.07, 6.45) is 7.94. The third-order valence-electron chi connectivity index (χ3n) is 3.29. The number of rotatable bonds is 4. The lowest BCUT2D eigenvalue weighted by Crippen LogP contribution is -2.17. The van der Waals surface area contributed by atoms with Gasteiger partial charge in [-0.2, -0.15) is 0 Å². The van der Waals surface area contributed by atoms with Gasteiger partial charge in [-0.3, -0.25) is 4.98 Å². The molecule has 2 N–H and O–H groups in total. The molecule has 3 aromatic rings. The molecule has 0 radical (unpaired) electrons. The van der Waals surface area contributed by atoms with Crippen LogP contribution in [0, 0.1) is 0 Å². The van der Waals surface area contributed by atoms with Crippen LogP contribution in [0.2, 0.25) is 0 Å². The number of hydrogen-bond acceptors (Lipinski definition) is 3. The van der Waals surface area contributed by atoms with Crippen LogP contribution in [0.4, 0.5) is 0 Å². The Labute approximate surface area is 117 Å². The maximum absolute atomic E-state index is 6.33. The van der Waals surface area contributed by atoms with Crippen LogP contribution < -0.4 is 5.73 Å². The maximum atomic E-state index is 6.33. The zero-order chi connectivity index (χ0) is 13.8. The second kappa shape index (κ2) is 5.67. The fraction of sp³-hybridized carbons (Fsp3) is 0.125. The summed E-state index contributed by atoms with van der Waals surface area (Å²) in [7, 11) is 0. The third-order valence-corrected chi connectivity index (χ3v) is 3.29. The smallest absolute Gasteiger partial charge is 0.0994 e. The first kappa shape index (κ1) is 12.6. The molecule has 0 fully saturated rings. The van der Waals surface area contributed by atoms with E-state index in [0.717, 1.165) is 17.8 Å². The molecule has 0 spiro atoms. The molecular formula is C16H16N4. The fourth-order valence-corrected chi connectivity index (χ4v) is 2.27. The quantitative estimate of drug-likeness (QED) is 0.787. The lowest BCUT2D eigenvalue weighted by Gasteiger charge is -2.14. The average Bonchev–Trinajstić information content (AvgIpc) is 2.99. The maximum Gasteiger partial charge on any atom is 0.0994 e. The van der Waals surface area contributed by atoms with E-state index in [4.69, 9.17) is 5.73 Å². The number of pyridine rings is 1. The Kier molecular flexibility index (Phi) is 3.56. The second-order valence-electron chi connectivity index (χ2n) is 4.69. The van der Waals surface area contributed by atoms with Crippen molar-refractivity contribution in [2.24, 2.45) is 5.73 Å². The molecule has 0 unspecified atom stereocenters. The van der Waals surface area contributed by atoms with Crippen molar-refractivity contribution in [3.63, 3.8) is 0 Å². The predicted octanol–water partition coefficient (Wildman–Crippen LogP) is 2.51. The number of imidazole rings is 1. The van der Waals surface area contributed by atoms with E-state index in [-0.39, 0.29) is 6.04 Å². The Morgan fingerprint density at radius 3 is 2.50 bits per heavy atom. The molecule has 1 aromatic carbocycles. The molecule has 20 heavy (non-hydrogen) atoms. The van der Waals surface area contributed by atoms with E-state index >= 15 is 0 Å². The van der Waals surface area contributed by atoms with Crippen molar-refractivity contribution in [3.8, 4) is 5.69 Å². The molecule has 0 bridgehead atoms. The Bertz CT molecular complexity index is 661. The minimum atomic E-state index is -0.0898. The number of aromatic nitrogens is 3. The molecule has 4 nitrogen and oxygen atoms in total. The van der Waals surface area contributed by atoms with Crippen molar-refractivity contribution >= 4 is 0 Å². The van der Waals surface area contributed by atoms with E-state index in [1.165, 1.54) is 5.56 Å². The highest BCUT2D eigenvalue weighted by molar-refractivity contribution is 5.32. The molecule has 0 aliphatic heterocycles. The van der Waals surface area contributed by atoms with Gasteiger partial charge < -0.3 is 10.3 Å². The van der Waals surface area contributed by atoms with E-state index in [1.54, 1.807) is 18.7 Å². The van der Waals surface area contributed by atoms with E-state index in [1.807, 2.05) is 41.1 Å². The standard InChI is InChI=1S/C16H16N4/c17-15(10-13-4-2-1-3-5-13)16-11-19-12-20(16)14-6-8-18-9-7-14/h1-9,11-12,15H,10,17H2/t15-/m1/s1. The monoisotopic (exact) mass is 264 g/mol. The van der Waals surface area contributed by atoms with Crippen molar-refractivity contribution < 1.29 is 0 Å². The first-order valence-corrected chi connectivity index (χ1v) is 6.57. The van der Waals surface area contributed by atoms with E-state index in [0.29, 0.717) is 0 Å². The Morgan fingerprint density at radius 1 is 1.00 bits per heavy atom. The van der Waals surface area contributed by atoms with Gasteiger partial charge in [0.15, 0.2) is 0 Å². The normalized spacial score (nSPS) is 12.2. The van der Waals surface area contributed by atoms with Crippen molar-refractivity contribution in [1.29, 1.82) is 0 Å². The van der Waals surface area contributed by atoms with Crippen LogP contribution in [0.15, 0.2) is 67.4 Å². The summed E-state index contributed by atoms with van der Waals surface area (Å²) >= 11 is 0. The Hall–Kier alpha value is -2.46. The molecule has 0 aliphatic carbocycles. The molecule has 0 aliphatic rings. The van der Waals surface area contributed by atoms with Crippen molar-refractivity contribution in [2.75, 3.05) is 0 Å². The lowest BCUT2D eigenvalue weighted by atomic mass is 10.0. The summed E-state index contributed by atoms with van der Waals surface area (Å²) in [6, 6.07) is 14.1. The summed E-state index contributed by atoms with van der Waals surface area (Å²) in [5.41, 5.74) is 9.58. The fourth-order valence-electron chi connectivity index (χ4n) is 2.27. The number of hydrogen-bond donors (Lipinski definition) is 1. The molecule has 1 atom stereocenters. The van der Waals surface area contributed by atoms with Gasteiger partial charge in [0.1, 0.15) is 0 Å². The minimum absolute atomic E-state index is 0.0898. The summed E-state index contributed by atoms with van der Waals surface area (Å²) < 4.78 is 2.01. The highest BCUT2D eigenvalue weighted by atomic mass is 15.1. The van der Waals surface area contributed by atoms with E-state index in [9.17, 15) is 0 Å². The van der Waals surface area contributed by atoms with E-state index in [2.05, 4.69) is 22.1 Å². The molecule has 4 heteroatoms. The predicted molar refractivity (Wildman–Crippen MR) is 78.4 cm³/mol. The molecule has 0 amide bonds.